The number of likely N-dealkylation sites (N-methyl/N-ethyl adjacent to an activating group) is 1. The number of carboxylic acid groups (broad SMARTS) is 3. The molecule has 0 aromatic carbocycles. The van der Waals surface area contributed by atoms with Gasteiger partial charge >= 0.3 is 17.9 Å². The first-order valence-electron chi connectivity index (χ1n) is 24.7. The van der Waals surface area contributed by atoms with Gasteiger partial charge < -0.3 is 57.1 Å². The zero-order chi connectivity index (χ0) is 50.8. The van der Waals surface area contributed by atoms with Crippen LogP contribution in [0.2, 0.25) is 0 Å². The van der Waals surface area contributed by atoms with E-state index in [0.717, 1.165) is 51.9 Å². The maximum absolute atomic E-state index is 12.4. The fourth-order valence-corrected chi connectivity index (χ4v) is 7.13. The largest absolute Gasteiger partial charge is 0.481 e. The SMILES string of the molecule is CN[C@@H](CCCCNC(=O)[C@@H](N)CCCCNC(=O)COCCOCCNC(=O)CC[C@H](NC(=O)CCCCCCCCCCCCCCCCC(=O)O)C(=O)O)C(=O)CN[C@@H](C(C)=O)C(=O)O. The number of ether oxygens (including phenoxy) is 2. The summed E-state index contributed by atoms with van der Waals surface area (Å²) in [5, 5.41) is 43.3. The van der Waals surface area contributed by atoms with Gasteiger partial charge in [-0.25, -0.2) is 4.79 Å². The van der Waals surface area contributed by atoms with E-state index >= 15 is 0 Å². The monoisotopic (exact) mass is 972 g/mol. The van der Waals surface area contributed by atoms with E-state index in [0.29, 0.717) is 58.0 Å². The summed E-state index contributed by atoms with van der Waals surface area (Å²) in [6.07, 6.45) is 18.6. The number of carboxylic acids is 3. The van der Waals surface area contributed by atoms with Gasteiger partial charge in [0.05, 0.1) is 38.4 Å². The highest BCUT2D eigenvalue weighted by Gasteiger charge is 2.25. The minimum atomic E-state index is -1.44. The molecule has 21 heteroatoms. The number of aliphatic carboxylic acids is 3. The van der Waals surface area contributed by atoms with Crippen LogP contribution >= 0.6 is 0 Å². The number of rotatable bonds is 48. The van der Waals surface area contributed by atoms with E-state index in [1.54, 1.807) is 7.05 Å². The minimum Gasteiger partial charge on any atom is -0.481 e. The summed E-state index contributed by atoms with van der Waals surface area (Å²) in [4.78, 5) is 106. The standard InChI is InChI=1S/C47H85N7O14/c1-35(55)44(47(65)66)53-33-39(56)37(49-2)22-18-20-28-52-45(62)36(48)21-17-19-27-50-42(59)34-68-32-31-67-30-29-51-40(57)26-25-38(46(63)64)54-41(58)23-15-13-11-9-7-5-3-4-6-8-10-12-14-16-24-43(60)61/h36-38,44,49,53H,3-34,48H2,1-2H3,(H,50,59)(H,51,57)(H,52,62)(H,54,58)(H,60,61)(H,63,64)(H,65,66)/t36-,37-,38-,44-/m0/s1. The predicted molar refractivity (Wildman–Crippen MR) is 255 cm³/mol. The zero-order valence-electron chi connectivity index (χ0n) is 40.8. The van der Waals surface area contributed by atoms with E-state index in [-0.39, 0.29) is 94.6 Å². The van der Waals surface area contributed by atoms with Crippen LogP contribution in [-0.2, 0) is 52.6 Å². The summed E-state index contributed by atoms with van der Waals surface area (Å²) in [5.41, 5.74) is 6.00. The molecule has 0 spiro atoms. The molecule has 0 aliphatic rings. The Morgan fingerprint density at radius 2 is 1.04 bits per heavy atom. The summed E-state index contributed by atoms with van der Waals surface area (Å²) in [7, 11) is 1.61. The normalized spacial score (nSPS) is 12.9. The number of hydrogen-bond acceptors (Lipinski definition) is 14. The number of nitrogens with one attached hydrogen (secondary N) is 6. The van der Waals surface area contributed by atoms with Gasteiger partial charge in [-0.2, -0.15) is 0 Å². The van der Waals surface area contributed by atoms with Crippen molar-refractivity contribution in [1.29, 1.82) is 0 Å². The summed E-state index contributed by atoms with van der Waals surface area (Å²) >= 11 is 0. The van der Waals surface area contributed by atoms with Gasteiger partial charge in [-0.3, -0.25) is 43.7 Å². The highest BCUT2D eigenvalue weighted by Crippen LogP contribution is 2.14. The molecule has 21 nitrogen and oxygen atoms in total. The van der Waals surface area contributed by atoms with Crippen molar-refractivity contribution < 1.29 is 67.9 Å². The molecule has 0 saturated carbocycles. The third-order valence-corrected chi connectivity index (χ3v) is 11.2. The van der Waals surface area contributed by atoms with E-state index in [1.165, 1.54) is 38.5 Å². The molecule has 0 bridgehead atoms. The number of Topliss-reactive ketones (excluding diaryl/α,β-unsaturated/α-hetero) is 2. The average molecular weight is 972 g/mol. The first-order chi connectivity index (χ1) is 32.6. The van der Waals surface area contributed by atoms with Crippen molar-refractivity contribution in [1.82, 2.24) is 31.9 Å². The van der Waals surface area contributed by atoms with Gasteiger partial charge in [0, 0.05) is 38.9 Å². The number of nitrogens with two attached hydrogens (primary N) is 1. The van der Waals surface area contributed by atoms with Crippen molar-refractivity contribution in [3.05, 3.63) is 0 Å². The minimum absolute atomic E-state index is 0.0405. The van der Waals surface area contributed by atoms with Gasteiger partial charge in [0.2, 0.25) is 23.6 Å². The smallest absolute Gasteiger partial charge is 0.328 e. The predicted octanol–water partition coefficient (Wildman–Crippen LogP) is 2.50. The Bertz CT molecular complexity index is 1460. The van der Waals surface area contributed by atoms with Gasteiger partial charge in [0.1, 0.15) is 12.6 Å². The van der Waals surface area contributed by atoms with Crippen LogP contribution in [0.3, 0.4) is 0 Å². The Morgan fingerprint density at radius 1 is 0.515 bits per heavy atom. The Hall–Kier alpha value is -4.57. The fourth-order valence-electron chi connectivity index (χ4n) is 7.13. The van der Waals surface area contributed by atoms with Gasteiger partial charge in [-0.15, -0.1) is 0 Å². The van der Waals surface area contributed by atoms with Crippen molar-refractivity contribution in [2.75, 3.05) is 59.7 Å². The molecule has 0 aromatic rings. The molecule has 4 atom stereocenters. The number of amides is 4. The maximum Gasteiger partial charge on any atom is 0.328 e. The first kappa shape index (κ1) is 63.4. The second-order valence-electron chi connectivity index (χ2n) is 17.2. The summed E-state index contributed by atoms with van der Waals surface area (Å²) in [6.45, 7) is 2.16. The topological polar surface area (TPSA) is 331 Å². The molecule has 0 unspecified atom stereocenters. The van der Waals surface area contributed by atoms with Crippen LogP contribution in [0.15, 0.2) is 0 Å². The molecular formula is C47H85N7O14. The molecule has 4 amide bonds. The molecule has 0 rings (SSSR count). The van der Waals surface area contributed by atoms with Crippen LogP contribution in [0.5, 0.6) is 0 Å². The van der Waals surface area contributed by atoms with Crippen LogP contribution in [0, 0.1) is 0 Å². The van der Waals surface area contributed by atoms with Crippen molar-refractivity contribution in [2.24, 2.45) is 5.73 Å². The Labute approximate surface area is 402 Å². The lowest BCUT2D eigenvalue weighted by molar-refractivity contribution is -0.143. The zero-order valence-corrected chi connectivity index (χ0v) is 40.8. The van der Waals surface area contributed by atoms with Gasteiger partial charge in [0.25, 0.3) is 0 Å². The molecule has 0 saturated heterocycles. The summed E-state index contributed by atoms with van der Waals surface area (Å²) < 4.78 is 10.7. The quantitative estimate of drug-likeness (QED) is 0.0309. The number of carbonyl (C=O) groups is 9. The molecule has 392 valence electrons. The third kappa shape index (κ3) is 37.4. The van der Waals surface area contributed by atoms with E-state index in [2.05, 4.69) is 31.9 Å². The maximum atomic E-state index is 12.4. The van der Waals surface area contributed by atoms with E-state index in [9.17, 15) is 48.3 Å². The number of unbranched alkanes of at least 4 members (excludes halogenated alkanes) is 15. The third-order valence-electron chi connectivity index (χ3n) is 11.2. The molecule has 68 heavy (non-hydrogen) atoms. The van der Waals surface area contributed by atoms with Crippen LogP contribution < -0.4 is 37.6 Å². The summed E-state index contributed by atoms with van der Waals surface area (Å²) in [6, 6.07) is -3.84. The molecule has 0 fully saturated rings. The van der Waals surface area contributed by atoms with Crippen molar-refractivity contribution in [3.63, 3.8) is 0 Å². The van der Waals surface area contributed by atoms with Crippen molar-refractivity contribution in [3.8, 4) is 0 Å². The number of carbonyl (C=O) groups excluding carboxylic acids is 6. The molecule has 0 aliphatic carbocycles. The second kappa shape index (κ2) is 42.5. The second-order valence-corrected chi connectivity index (χ2v) is 17.2. The van der Waals surface area contributed by atoms with E-state index < -0.39 is 47.9 Å². The Morgan fingerprint density at radius 3 is 1.59 bits per heavy atom. The summed E-state index contributed by atoms with van der Waals surface area (Å²) in [5.74, 6) is -5.44. The van der Waals surface area contributed by atoms with Gasteiger partial charge in [0.15, 0.2) is 17.6 Å². The Kier molecular flexibility index (Phi) is 39.7. The van der Waals surface area contributed by atoms with E-state index in [4.69, 9.17) is 25.4 Å². The average Bonchev–Trinajstić information content (AvgIpc) is 3.28. The highest BCUT2D eigenvalue weighted by atomic mass is 16.5. The lowest BCUT2D eigenvalue weighted by atomic mass is 10.0. The fraction of sp³-hybridized carbons (Fsp3) is 0.809. The van der Waals surface area contributed by atoms with Crippen molar-refractivity contribution >= 4 is 53.1 Å². The first-order valence-corrected chi connectivity index (χ1v) is 24.7. The number of ketones is 2. The number of hydrogen-bond donors (Lipinski definition) is 10. The molecule has 11 N–H and O–H groups in total. The highest BCUT2D eigenvalue weighted by molar-refractivity contribution is 6.01. The van der Waals surface area contributed by atoms with Crippen LogP contribution in [0.25, 0.3) is 0 Å². The van der Waals surface area contributed by atoms with Gasteiger partial charge in [-0.05, 0) is 71.8 Å². The van der Waals surface area contributed by atoms with Crippen molar-refractivity contribution in [2.45, 2.75) is 185 Å². The van der Waals surface area contributed by atoms with Crippen LogP contribution in [0.4, 0.5) is 0 Å². The Balaban J connectivity index is 3.84. The van der Waals surface area contributed by atoms with Crippen LogP contribution in [0.1, 0.15) is 161 Å². The van der Waals surface area contributed by atoms with E-state index in [1.807, 2.05) is 0 Å². The van der Waals surface area contributed by atoms with Crippen LogP contribution in [-0.4, -0.2) is 152 Å². The van der Waals surface area contributed by atoms with Gasteiger partial charge in [-0.1, -0.05) is 77.0 Å². The molecule has 0 radical (unpaired) electrons. The lowest BCUT2D eigenvalue weighted by Gasteiger charge is -2.17. The molecular weight excluding hydrogens is 887 g/mol. The lowest BCUT2D eigenvalue weighted by Crippen LogP contribution is -2.48. The molecule has 0 aromatic heterocycles. The molecule has 0 aliphatic heterocycles. The molecule has 0 heterocycles.